The highest BCUT2D eigenvalue weighted by molar-refractivity contribution is 7.89. The Kier molecular flexibility index (Phi) is 4.50. The first-order valence-electron chi connectivity index (χ1n) is 8.99. The van der Waals surface area contributed by atoms with Crippen LogP contribution in [0, 0.1) is 6.92 Å². The highest BCUT2D eigenvalue weighted by Crippen LogP contribution is 2.43. The third-order valence-electron chi connectivity index (χ3n) is 5.40. The minimum atomic E-state index is -3.68. The van der Waals surface area contributed by atoms with Gasteiger partial charge in [0.15, 0.2) is 0 Å². The Labute approximate surface area is 155 Å². The molecule has 2 saturated heterocycles. The molecule has 0 N–H and O–H groups in total. The van der Waals surface area contributed by atoms with Gasteiger partial charge in [-0.3, -0.25) is 4.90 Å². The van der Waals surface area contributed by atoms with Gasteiger partial charge in [0.25, 0.3) is 0 Å². The summed E-state index contributed by atoms with van der Waals surface area (Å²) in [6, 6.07) is 15.5. The van der Waals surface area contributed by atoms with Gasteiger partial charge < -0.3 is 4.74 Å². The van der Waals surface area contributed by atoms with Gasteiger partial charge in [-0.1, -0.05) is 36.4 Å². The first-order valence-corrected chi connectivity index (χ1v) is 10.4. The van der Waals surface area contributed by atoms with Crippen molar-refractivity contribution in [2.24, 2.45) is 0 Å². The second kappa shape index (κ2) is 6.68. The van der Waals surface area contributed by atoms with Crippen molar-refractivity contribution in [2.45, 2.75) is 36.9 Å². The summed E-state index contributed by atoms with van der Waals surface area (Å²) < 4.78 is 34.2. The molecule has 0 aromatic heterocycles. The Morgan fingerprint density at radius 1 is 1.12 bits per heavy atom. The van der Waals surface area contributed by atoms with Crippen molar-refractivity contribution in [2.75, 3.05) is 20.2 Å². The molecule has 0 radical (unpaired) electrons. The lowest BCUT2D eigenvalue weighted by molar-refractivity contribution is 0.198. The van der Waals surface area contributed by atoms with E-state index >= 15 is 0 Å². The van der Waals surface area contributed by atoms with E-state index in [1.54, 1.807) is 16.4 Å². The minimum absolute atomic E-state index is 0.251. The molecule has 2 aromatic rings. The molecule has 0 spiro atoms. The van der Waals surface area contributed by atoms with Crippen molar-refractivity contribution in [3.8, 4) is 5.75 Å². The van der Waals surface area contributed by atoms with Crippen molar-refractivity contribution >= 4 is 10.0 Å². The third-order valence-corrected chi connectivity index (χ3v) is 7.24. The maximum atomic E-state index is 13.6. The molecule has 2 fully saturated rings. The van der Waals surface area contributed by atoms with E-state index in [0.717, 1.165) is 30.5 Å². The predicted molar refractivity (Wildman–Crippen MR) is 101 cm³/mol. The number of hydrogen-bond donors (Lipinski definition) is 0. The lowest BCUT2D eigenvalue weighted by Gasteiger charge is -2.29. The van der Waals surface area contributed by atoms with Crippen LogP contribution in [-0.2, 0) is 10.0 Å². The van der Waals surface area contributed by atoms with Gasteiger partial charge in [0, 0.05) is 19.1 Å². The zero-order chi connectivity index (χ0) is 18.3. The van der Waals surface area contributed by atoms with Gasteiger partial charge in [0.2, 0.25) is 10.0 Å². The van der Waals surface area contributed by atoms with Crippen LogP contribution in [-0.4, -0.2) is 43.9 Å². The van der Waals surface area contributed by atoms with E-state index in [9.17, 15) is 8.42 Å². The fraction of sp³-hybridized carbons (Fsp3) is 0.400. The van der Waals surface area contributed by atoms with E-state index in [4.69, 9.17) is 4.74 Å². The largest absolute Gasteiger partial charge is 0.495 e. The maximum absolute atomic E-state index is 13.6. The normalized spacial score (nSPS) is 23.9. The Bertz CT molecular complexity index is 899. The molecule has 2 atom stereocenters. The molecule has 5 nitrogen and oxygen atoms in total. The summed E-state index contributed by atoms with van der Waals surface area (Å²) in [5, 5.41) is 0. The molecule has 2 aliphatic heterocycles. The molecule has 4 rings (SSSR count). The van der Waals surface area contributed by atoms with Gasteiger partial charge in [-0.15, -0.1) is 0 Å². The molecule has 0 saturated carbocycles. The lowest BCUT2D eigenvalue weighted by atomic mass is 10.1. The molecule has 6 heteroatoms. The van der Waals surface area contributed by atoms with E-state index in [1.165, 1.54) is 7.11 Å². The van der Waals surface area contributed by atoms with Crippen molar-refractivity contribution in [1.29, 1.82) is 0 Å². The van der Waals surface area contributed by atoms with E-state index in [-0.39, 0.29) is 17.1 Å². The number of methoxy groups -OCH3 is 1. The van der Waals surface area contributed by atoms with E-state index in [1.807, 2.05) is 43.3 Å². The monoisotopic (exact) mass is 372 g/mol. The summed E-state index contributed by atoms with van der Waals surface area (Å²) in [6.07, 6.45) is 1.91. The lowest BCUT2D eigenvalue weighted by Crippen LogP contribution is -2.35. The molecule has 0 bridgehead atoms. The van der Waals surface area contributed by atoms with E-state index < -0.39 is 10.0 Å². The highest BCUT2D eigenvalue weighted by atomic mass is 32.2. The van der Waals surface area contributed by atoms with Gasteiger partial charge in [-0.2, -0.15) is 4.31 Å². The van der Waals surface area contributed by atoms with E-state index in [0.29, 0.717) is 12.3 Å². The molecule has 2 aromatic carbocycles. The fourth-order valence-corrected chi connectivity index (χ4v) is 6.04. The number of aryl methyl sites for hydroxylation is 1. The summed E-state index contributed by atoms with van der Waals surface area (Å²) in [4.78, 5) is 2.58. The van der Waals surface area contributed by atoms with Crippen LogP contribution in [0.3, 0.4) is 0 Å². The molecule has 0 amide bonds. The average Bonchev–Trinajstić information content (AvgIpc) is 3.23. The Morgan fingerprint density at radius 3 is 2.62 bits per heavy atom. The molecule has 138 valence electrons. The molecular formula is C20H24N2O3S. The summed E-state index contributed by atoms with van der Waals surface area (Å²) in [7, 11) is -2.16. The second-order valence-electron chi connectivity index (χ2n) is 7.05. The van der Waals surface area contributed by atoms with Crippen molar-refractivity contribution < 1.29 is 13.2 Å². The van der Waals surface area contributed by atoms with Crippen molar-refractivity contribution in [3.05, 3.63) is 59.7 Å². The molecular weight excluding hydrogens is 348 g/mol. The van der Waals surface area contributed by atoms with Crippen LogP contribution in [0.15, 0.2) is 53.4 Å². The van der Waals surface area contributed by atoms with Crippen LogP contribution in [0.4, 0.5) is 0 Å². The zero-order valence-corrected chi connectivity index (χ0v) is 15.9. The highest BCUT2D eigenvalue weighted by Gasteiger charge is 2.48. The maximum Gasteiger partial charge on any atom is 0.248 e. The van der Waals surface area contributed by atoms with Crippen LogP contribution in [0.1, 0.15) is 30.1 Å². The predicted octanol–water partition coefficient (Wildman–Crippen LogP) is 3.17. The number of rotatable bonds is 4. The number of hydrogen-bond acceptors (Lipinski definition) is 4. The molecule has 2 heterocycles. The van der Waals surface area contributed by atoms with Crippen molar-refractivity contribution in [3.63, 3.8) is 0 Å². The summed E-state index contributed by atoms with van der Waals surface area (Å²) >= 11 is 0. The van der Waals surface area contributed by atoms with Crippen molar-refractivity contribution in [1.82, 2.24) is 9.21 Å². The van der Waals surface area contributed by atoms with Gasteiger partial charge in [0.1, 0.15) is 16.8 Å². The van der Waals surface area contributed by atoms with Gasteiger partial charge in [-0.25, -0.2) is 8.42 Å². The standard InChI is InChI=1S/C20H24N2O3S/c1-15-10-11-18(25-2)19(13-15)26(23,24)22-14-17-9-6-12-21(17)20(22)16-7-4-3-5-8-16/h3-5,7-8,10-11,13,17,20H,6,9,12,14H2,1-2H3. The summed E-state index contributed by atoms with van der Waals surface area (Å²) in [5.41, 5.74) is 1.92. The van der Waals surface area contributed by atoms with Gasteiger partial charge >= 0.3 is 0 Å². The summed E-state index contributed by atoms with van der Waals surface area (Å²) in [6.45, 7) is 3.36. The SMILES string of the molecule is COc1ccc(C)cc1S(=O)(=O)N1CC2CCCN2C1c1ccccc1. The molecule has 2 aliphatic rings. The first kappa shape index (κ1) is 17.5. The Balaban J connectivity index is 1.81. The topological polar surface area (TPSA) is 49.9 Å². The van der Waals surface area contributed by atoms with Gasteiger partial charge in [0.05, 0.1) is 7.11 Å². The van der Waals surface area contributed by atoms with E-state index in [2.05, 4.69) is 4.90 Å². The average molecular weight is 372 g/mol. The van der Waals surface area contributed by atoms with Crippen LogP contribution < -0.4 is 4.74 Å². The number of fused-ring (bicyclic) bond motifs is 1. The Morgan fingerprint density at radius 2 is 1.88 bits per heavy atom. The summed E-state index contributed by atoms with van der Waals surface area (Å²) in [5.74, 6) is 0.398. The second-order valence-corrected chi connectivity index (χ2v) is 8.91. The molecule has 2 unspecified atom stereocenters. The minimum Gasteiger partial charge on any atom is -0.495 e. The van der Waals surface area contributed by atoms with Gasteiger partial charge in [-0.05, 0) is 43.0 Å². The van der Waals surface area contributed by atoms with Crippen LogP contribution in [0.2, 0.25) is 0 Å². The van der Waals surface area contributed by atoms with Crippen LogP contribution in [0.25, 0.3) is 0 Å². The first-order chi connectivity index (χ1) is 12.5. The van der Waals surface area contributed by atoms with Crippen LogP contribution in [0.5, 0.6) is 5.75 Å². The third kappa shape index (κ3) is 2.82. The number of nitrogens with zero attached hydrogens (tertiary/aromatic N) is 2. The number of sulfonamides is 1. The number of ether oxygens (including phenoxy) is 1. The van der Waals surface area contributed by atoms with Crippen LogP contribution >= 0.6 is 0 Å². The Hall–Kier alpha value is -1.89. The fourth-order valence-electron chi connectivity index (χ4n) is 4.17. The number of benzene rings is 2. The molecule has 26 heavy (non-hydrogen) atoms. The molecule has 0 aliphatic carbocycles. The quantitative estimate of drug-likeness (QED) is 0.827. The smallest absolute Gasteiger partial charge is 0.248 e. The zero-order valence-electron chi connectivity index (χ0n) is 15.1.